The van der Waals surface area contributed by atoms with Gasteiger partial charge in [0.2, 0.25) is 5.91 Å². The Balaban J connectivity index is 1.54. The zero-order valence-corrected chi connectivity index (χ0v) is 18.8. The molecule has 0 aliphatic rings. The molecule has 0 bridgehead atoms. The summed E-state index contributed by atoms with van der Waals surface area (Å²) in [7, 11) is 0. The van der Waals surface area contributed by atoms with Crippen LogP contribution < -0.4 is 5.32 Å². The van der Waals surface area contributed by atoms with Gasteiger partial charge in [0.05, 0.1) is 11.4 Å². The van der Waals surface area contributed by atoms with Crippen molar-refractivity contribution >= 4 is 23.4 Å². The fourth-order valence-electron chi connectivity index (χ4n) is 3.48. The Bertz CT molecular complexity index is 1200. The largest absolute Gasteiger partial charge is 0.325 e. The highest BCUT2D eigenvalue weighted by molar-refractivity contribution is 7.99. The number of rotatable bonds is 7. The fraction of sp³-hybridized carbons (Fsp3) is 0.154. The monoisotopic (exact) mass is 445 g/mol. The van der Waals surface area contributed by atoms with Crippen molar-refractivity contribution in [2.75, 3.05) is 11.1 Å². The third-order valence-electron chi connectivity index (χ3n) is 5.15. The van der Waals surface area contributed by atoms with E-state index < -0.39 is 0 Å². The van der Waals surface area contributed by atoms with Crippen LogP contribution in [0.4, 0.5) is 10.1 Å². The van der Waals surface area contributed by atoms with Crippen molar-refractivity contribution in [2.45, 2.75) is 25.5 Å². The number of anilines is 1. The first-order valence-corrected chi connectivity index (χ1v) is 11.3. The number of nitrogens with one attached hydrogen (secondary N) is 1. The summed E-state index contributed by atoms with van der Waals surface area (Å²) >= 11 is 1.39. The quantitative estimate of drug-likeness (QED) is 0.351. The molecule has 0 fully saturated rings. The highest BCUT2D eigenvalue weighted by Crippen LogP contribution is 2.26. The van der Waals surface area contributed by atoms with E-state index in [1.165, 1.54) is 23.9 Å². The number of thioether (sulfide) groups is 1. The van der Waals surface area contributed by atoms with Crippen molar-refractivity contribution in [3.05, 3.63) is 102 Å². The van der Waals surface area contributed by atoms with Crippen LogP contribution in [-0.4, -0.2) is 21.2 Å². The molecule has 1 N–H and O–H groups in total. The molecule has 1 aromatic heterocycles. The number of nitrogens with zero attached hydrogens (tertiary/aromatic N) is 2. The molecule has 0 aliphatic carbocycles. The van der Waals surface area contributed by atoms with Gasteiger partial charge in [-0.3, -0.25) is 4.79 Å². The summed E-state index contributed by atoms with van der Waals surface area (Å²) in [4.78, 5) is 17.4. The van der Waals surface area contributed by atoms with Crippen LogP contribution in [0.1, 0.15) is 16.7 Å². The molecule has 0 saturated heterocycles. The fourth-order valence-corrected chi connectivity index (χ4v) is 4.26. The van der Waals surface area contributed by atoms with Gasteiger partial charge in [-0.05, 0) is 54.8 Å². The number of imidazole rings is 1. The van der Waals surface area contributed by atoms with Crippen LogP contribution in [0.2, 0.25) is 0 Å². The van der Waals surface area contributed by atoms with Crippen LogP contribution in [0, 0.1) is 19.7 Å². The van der Waals surface area contributed by atoms with Crippen LogP contribution in [0.15, 0.2) is 84.1 Å². The molecule has 162 valence electrons. The Kier molecular flexibility index (Phi) is 6.71. The summed E-state index contributed by atoms with van der Waals surface area (Å²) in [5.74, 6) is -0.122. The Labute approximate surface area is 191 Å². The number of para-hydroxylation sites is 1. The zero-order chi connectivity index (χ0) is 22.5. The molecule has 0 spiro atoms. The molecular weight excluding hydrogens is 421 g/mol. The minimum absolute atomic E-state index is 0.0787. The average Bonchev–Trinajstić information content (AvgIpc) is 3.18. The lowest BCUT2D eigenvalue weighted by molar-refractivity contribution is -0.113. The minimum Gasteiger partial charge on any atom is -0.325 e. The second-order valence-corrected chi connectivity index (χ2v) is 8.58. The van der Waals surface area contributed by atoms with Gasteiger partial charge in [-0.15, -0.1) is 0 Å². The van der Waals surface area contributed by atoms with E-state index in [1.54, 1.807) is 12.1 Å². The highest BCUT2D eigenvalue weighted by atomic mass is 32.2. The van der Waals surface area contributed by atoms with Crippen molar-refractivity contribution in [1.29, 1.82) is 0 Å². The van der Waals surface area contributed by atoms with E-state index in [1.807, 2.05) is 61.0 Å². The number of halogens is 1. The molecule has 4 rings (SSSR count). The number of carbonyl (C=O) groups is 1. The van der Waals surface area contributed by atoms with E-state index in [-0.39, 0.29) is 17.5 Å². The molecule has 0 unspecified atom stereocenters. The average molecular weight is 446 g/mol. The van der Waals surface area contributed by atoms with E-state index in [0.29, 0.717) is 6.54 Å². The summed E-state index contributed by atoms with van der Waals surface area (Å²) in [6.07, 6.45) is 1.95. The number of hydrogen-bond acceptors (Lipinski definition) is 3. The molecule has 4 aromatic rings. The lowest BCUT2D eigenvalue weighted by Gasteiger charge is -2.11. The number of aryl methyl sites for hydroxylation is 2. The lowest BCUT2D eigenvalue weighted by atomic mass is 10.1. The van der Waals surface area contributed by atoms with Crippen molar-refractivity contribution in [3.8, 4) is 11.3 Å². The maximum atomic E-state index is 13.3. The number of benzene rings is 3. The number of amides is 1. The lowest BCUT2D eigenvalue weighted by Crippen LogP contribution is -2.16. The molecule has 1 heterocycles. The summed E-state index contributed by atoms with van der Waals surface area (Å²) in [5, 5.41) is 3.76. The first-order valence-electron chi connectivity index (χ1n) is 10.4. The molecule has 4 nitrogen and oxygen atoms in total. The topological polar surface area (TPSA) is 46.9 Å². The van der Waals surface area contributed by atoms with E-state index in [4.69, 9.17) is 4.98 Å². The first-order chi connectivity index (χ1) is 15.5. The Morgan fingerprint density at radius 1 is 0.969 bits per heavy atom. The van der Waals surface area contributed by atoms with E-state index in [0.717, 1.165) is 38.8 Å². The van der Waals surface area contributed by atoms with E-state index >= 15 is 0 Å². The van der Waals surface area contributed by atoms with Gasteiger partial charge < -0.3 is 9.88 Å². The molecular formula is C26H24FN3OS. The maximum absolute atomic E-state index is 13.3. The predicted molar refractivity (Wildman–Crippen MR) is 128 cm³/mol. The predicted octanol–water partition coefficient (Wildman–Crippen LogP) is 6.09. The third kappa shape index (κ3) is 5.26. The molecule has 0 radical (unpaired) electrons. The van der Waals surface area contributed by atoms with Gasteiger partial charge in [-0.2, -0.15) is 0 Å². The van der Waals surface area contributed by atoms with Gasteiger partial charge in [0.1, 0.15) is 5.82 Å². The molecule has 0 atom stereocenters. The maximum Gasteiger partial charge on any atom is 0.234 e. The smallest absolute Gasteiger partial charge is 0.234 e. The minimum atomic E-state index is -0.282. The van der Waals surface area contributed by atoms with Crippen LogP contribution in [0.5, 0.6) is 0 Å². The standard InChI is InChI=1S/C26H24FN3OS/c1-18-7-6-8-19(2)25(18)29-24(31)17-32-26-28-23(21-11-13-22(27)14-12-21)16-30(26)15-20-9-4-3-5-10-20/h3-14,16H,15,17H2,1-2H3,(H,29,31). The van der Waals surface area contributed by atoms with Gasteiger partial charge >= 0.3 is 0 Å². The summed E-state index contributed by atoms with van der Waals surface area (Å²) in [5.41, 5.74) is 5.65. The second kappa shape index (κ2) is 9.83. The second-order valence-electron chi connectivity index (χ2n) is 7.63. The molecule has 0 saturated carbocycles. The highest BCUT2D eigenvalue weighted by Gasteiger charge is 2.14. The summed E-state index contributed by atoms with van der Waals surface area (Å²) in [6, 6.07) is 22.3. The Morgan fingerprint density at radius 2 is 1.66 bits per heavy atom. The zero-order valence-electron chi connectivity index (χ0n) is 18.0. The van der Waals surface area contributed by atoms with Crippen LogP contribution in [0.25, 0.3) is 11.3 Å². The van der Waals surface area contributed by atoms with Gasteiger partial charge in [-0.25, -0.2) is 9.37 Å². The van der Waals surface area contributed by atoms with Crippen LogP contribution in [-0.2, 0) is 11.3 Å². The third-order valence-corrected chi connectivity index (χ3v) is 6.14. The number of hydrogen-bond donors (Lipinski definition) is 1. The van der Waals surface area contributed by atoms with Gasteiger partial charge in [0.25, 0.3) is 0 Å². The number of carbonyl (C=O) groups excluding carboxylic acids is 1. The molecule has 3 aromatic carbocycles. The SMILES string of the molecule is Cc1cccc(C)c1NC(=O)CSc1nc(-c2ccc(F)cc2)cn1Cc1ccccc1. The van der Waals surface area contributed by atoms with Crippen molar-refractivity contribution in [2.24, 2.45) is 0 Å². The Morgan fingerprint density at radius 3 is 2.34 bits per heavy atom. The normalized spacial score (nSPS) is 10.8. The van der Waals surface area contributed by atoms with Gasteiger partial charge in [0.15, 0.2) is 5.16 Å². The van der Waals surface area contributed by atoms with Gasteiger partial charge in [-0.1, -0.05) is 60.3 Å². The summed E-state index contributed by atoms with van der Waals surface area (Å²) < 4.78 is 15.4. The van der Waals surface area contributed by atoms with Crippen molar-refractivity contribution < 1.29 is 9.18 Å². The molecule has 6 heteroatoms. The first kappa shape index (κ1) is 21.8. The molecule has 1 amide bonds. The Hall–Kier alpha value is -3.38. The molecule has 32 heavy (non-hydrogen) atoms. The molecule has 0 aliphatic heterocycles. The van der Waals surface area contributed by atoms with E-state index in [9.17, 15) is 9.18 Å². The van der Waals surface area contributed by atoms with Crippen molar-refractivity contribution in [1.82, 2.24) is 9.55 Å². The van der Waals surface area contributed by atoms with Crippen molar-refractivity contribution in [3.63, 3.8) is 0 Å². The van der Waals surface area contributed by atoms with E-state index in [2.05, 4.69) is 17.4 Å². The van der Waals surface area contributed by atoms with Crippen LogP contribution in [0.3, 0.4) is 0 Å². The summed E-state index contributed by atoms with van der Waals surface area (Å²) in [6.45, 7) is 4.60. The number of aromatic nitrogens is 2. The van der Waals surface area contributed by atoms with Gasteiger partial charge in [0, 0.05) is 24.0 Å². The van der Waals surface area contributed by atoms with Crippen LogP contribution >= 0.6 is 11.8 Å².